The summed E-state index contributed by atoms with van der Waals surface area (Å²) >= 11 is 0. The SMILES string of the molecule is CCNC(C)(CC(C)OCCOC(C)(C)C)C(N)=O. The van der Waals surface area contributed by atoms with Crippen LogP contribution in [0, 0.1) is 0 Å². The summed E-state index contributed by atoms with van der Waals surface area (Å²) in [6.45, 7) is 13.5. The van der Waals surface area contributed by atoms with Crippen LogP contribution < -0.4 is 11.1 Å². The van der Waals surface area contributed by atoms with Crippen LogP contribution in [0.2, 0.25) is 0 Å². The normalized spacial score (nSPS) is 16.9. The Morgan fingerprint density at radius 1 is 1.26 bits per heavy atom. The van der Waals surface area contributed by atoms with Gasteiger partial charge in [-0.15, -0.1) is 0 Å². The second-order valence-corrected chi connectivity index (χ2v) is 6.07. The van der Waals surface area contributed by atoms with Gasteiger partial charge in [-0.2, -0.15) is 0 Å². The van der Waals surface area contributed by atoms with Crippen LogP contribution in [-0.4, -0.2) is 42.9 Å². The van der Waals surface area contributed by atoms with E-state index in [-0.39, 0.29) is 17.6 Å². The summed E-state index contributed by atoms with van der Waals surface area (Å²) in [5.41, 5.74) is 4.56. The summed E-state index contributed by atoms with van der Waals surface area (Å²) in [6.07, 6.45) is 0.492. The molecule has 5 nitrogen and oxygen atoms in total. The summed E-state index contributed by atoms with van der Waals surface area (Å²) in [6, 6.07) is 0. The van der Waals surface area contributed by atoms with Gasteiger partial charge in [0.1, 0.15) is 0 Å². The molecule has 0 saturated heterocycles. The predicted molar refractivity (Wildman–Crippen MR) is 77.0 cm³/mol. The lowest BCUT2D eigenvalue weighted by Gasteiger charge is -2.30. The van der Waals surface area contributed by atoms with E-state index in [1.54, 1.807) is 0 Å². The highest BCUT2D eigenvalue weighted by Crippen LogP contribution is 2.14. The van der Waals surface area contributed by atoms with Crippen LogP contribution in [0.5, 0.6) is 0 Å². The van der Waals surface area contributed by atoms with Gasteiger partial charge in [-0.1, -0.05) is 6.92 Å². The van der Waals surface area contributed by atoms with E-state index in [0.29, 0.717) is 26.2 Å². The Kier molecular flexibility index (Phi) is 7.55. The van der Waals surface area contributed by atoms with Crippen LogP contribution in [0.1, 0.15) is 48.0 Å². The van der Waals surface area contributed by atoms with Crippen molar-refractivity contribution in [1.82, 2.24) is 5.32 Å². The molecule has 0 saturated carbocycles. The number of ether oxygens (including phenoxy) is 2. The topological polar surface area (TPSA) is 73.6 Å². The minimum atomic E-state index is -0.723. The van der Waals surface area contributed by atoms with Gasteiger partial charge in [-0.25, -0.2) is 0 Å². The Hall–Kier alpha value is -0.650. The fourth-order valence-electron chi connectivity index (χ4n) is 1.88. The van der Waals surface area contributed by atoms with Crippen LogP contribution in [0.4, 0.5) is 0 Å². The van der Waals surface area contributed by atoms with Crippen molar-refractivity contribution in [3.05, 3.63) is 0 Å². The molecule has 0 fully saturated rings. The highest BCUT2D eigenvalue weighted by atomic mass is 16.5. The molecule has 0 aliphatic heterocycles. The van der Waals surface area contributed by atoms with Gasteiger partial charge >= 0.3 is 0 Å². The number of carbonyl (C=O) groups is 1. The van der Waals surface area contributed by atoms with Crippen LogP contribution in [0.25, 0.3) is 0 Å². The van der Waals surface area contributed by atoms with Crippen molar-refractivity contribution in [2.75, 3.05) is 19.8 Å². The lowest BCUT2D eigenvalue weighted by Crippen LogP contribution is -2.54. The lowest BCUT2D eigenvalue weighted by atomic mass is 9.94. The van der Waals surface area contributed by atoms with Gasteiger partial charge in [-0.3, -0.25) is 4.79 Å². The van der Waals surface area contributed by atoms with Crippen LogP contribution in [0.15, 0.2) is 0 Å². The molecule has 0 aliphatic carbocycles. The van der Waals surface area contributed by atoms with E-state index < -0.39 is 5.54 Å². The standard InChI is InChI=1S/C14H30N2O3/c1-7-16-14(6,12(15)17)10-11(2)18-8-9-19-13(3,4)5/h11,16H,7-10H2,1-6H3,(H2,15,17). The first-order chi connectivity index (χ1) is 8.60. The quantitative estimate of drug-likeness (QED) is 0.624. The second-order valence-electron chi connectivity index (χ2n) is 6.07. The summed E-state index contributed by atoms with van der Waals surface area (Å²) in [5.74, 6) is -0.351. The highest BCUT2D eigenvalue weighted by molar-refractivity contribution is 5.84. The molecule has 0 bridgehead atoms. The molecule has 0 spiro atoms. The van der Waals surface area contributed by atoms with Gasteiger partial charge in [0.2, 0.25) is 5.91 Å². The molecule has 0 rings (SSSR count). The van der Waals surface area contributed by atoms with E-state index in [1.807, 2.05) is 41.5 Å². The maximum Gasteiger partial charge on any atom is 0.237 e. The van der Waals surface area contributed by atoms with E-state index in [0.717, 1.165) is 0 Å². The van der Waals surface area contributed by atoms with E-state index in [1.165, 1.54) is 0 Å². The maximum absolute atomic E-state index is 11.5. The van der Waals surface area contributed by atoms with Gasteiger partial charge in [0, 0.05) is 6.42 Å². The number of nitrogens with two attached hydrogens (primary N) is 1. The van der Waals surface area contributed by atoms with Gasteiger partial charge in [0.05, 0.1) is 30.5 Å². The number of amides is 1. The summed E-state index contributed by atoms with van der Waals surface area (Å²) in [4.78, 5) is 11.5. The maximum atomic E-state index is 11.5. The molecule has 5 heteroatoms. The van der Waals surface area contributed by atoms with Gasteiger partial charge in [-0.05, 0) is 41.2 Å². The zero-order valence-electron chi connectivity index (χ0n) is 13.2. The average Bonchev–Trinajstić information content (AvgIpc) is 2.23. The summed E-state index contributed by atoms with van der Waals surface area (Å²) in [5, 5.41) is 3.12. The Morgan fingerprint density at radius 3 is 2.26 bits per heavy atom. The van der Waals surface area contributed by atoms with E-state index in [9.17, 15) is 4.79 Å². The monoisotopic (exact) mass is 274 g/mol. The fourth-order valence-corrected chi connectivity index (χ4v) is 1.88. The number of hydrogen-bond donors (Lipinski definition) is 2. The summed E-state index contributed by atoms with van der Waals surface area (Å²) < 4.78 is 11.2. The van der Waals surface area contributed by atoms with Crippen molar-refractivity contribution in [3.8, 4) is 0 Å². The molecule has 1 amide bonds. The largest absolute Gasteiger partial charge is 0.376 e. The number of rotatable bonds is 9. The second kappa shape index (κ2) is 7.82. The molecule has 0 aromatic heterocycles. The third-order valence-corrected chi connectivity index (χ3v) is 2.83. The number of carbonyl (C=O) groups excluding carboxylic acids is 1. The van der Waals surface area contributed by atoms with E-state index >= 15 is 0 Å². The van der Waals surface area contributed by atoms with Gasteiger partial charge < -0.3 is 20.5 Å². The molecule has 19 heavy (non-hydrogen) atoms. The molecule has 2 unspecified atom stereocenters. The Balaban J connectivity index is 4.08. The molecular weight excluding hydrogens is 244 g/mol. The van der Waals surface area contributed by atoms with Crippen LogP contribution in [0.3, 0.4) is 0 Å². The molecule has 0 aromatic rings. The number of primary amides is 1. The predicted octanol–water partition coefficient (Wildman–Crippen LogP) is 1.45. The van der Waals surface area contributed by atoms with Crippen molar-refractivity contribution >= 4 is 5.91 Å². The fraction of sp³-hybridized carbons (Fsp3) is 0.929. The molecule has 0 aromatic carbocycles. The zero-order valence-corrected chi connectivity index (χ0v) is 13.2. The first-order valence-electron chi connectivity index (χ1n) is 6.91. The van der Waals surface area contributed by atoms with Crippen molar-refractivity contribution in [2.24, 2.45) is 5.73 Å². The Morgan fingerprint density at radius 2 is 1.84 bits per heavy atom. The smallest absolute Gasteiger partial charge is 0.237 e. The van der Waals surface area contributed by atoms with Crippen molar-refractivity contribution < 1.29 is 14.3 Å². The molecule has 0 aliphatic rings. The Labute approximate surface area is 117 Å². The van der Waals surface area contributed by atoms with Gasteiger partial charge in [0.15, 0.2) is 0 Å². The lowest BCUT2D eigenvalue weighted by molar-refractivity contribution is -0.125. The number of hydrogen-bond acceptors (Lipinski definition) is 4. The minimum absolute atomic E-state index is 0.0554. The minimum Gasteiger partial charge on any atom is -0.376 e. The first kappa shape index (κ1) is 18.4. The Bertz CT molecular complexity index is 276. The number of nitrogens with one attached hydrogen (secondary N) is 1. The summed E-state index contributed by atoms with van der Waals surface area (Å²) in [7, 11) is 0. The third-order valence-electron chi connectivity index (χ3n) is 2.83. The van der Waals surface area contributed by atoms with Gasteiger partial charge in [0.25, 0.3) is 0 Å². The first-order valence-corrected chi connectivity index (χ1v) is 6.91. The van der Waals surface area contributed by atoms with E-state index in [2.05, 4.69) is 5.32 Å². The van der Waals surface area contributed by atoms with Crippen molar-refractivity contribution in [3.63, 3.8) is 0 Å². The molecule has 114 valence electrons. The van der Waals surface area contributed by atoms with Crippen LogP contribution >= 0.6 is 0 Å². The van der Waals surface area contributed by atoms with E-state index in [4.69, 9.17) is 15.2 Å². The molecule has 2 atom stereocenters. The average molecular weight is 274 g/mol. The molecule has 0 radical (unpaired) electrons. The molecule has 0 heterocycles. The highest BCUT2D eigenvalue weighted by Gasteiger charge is 2.32. The van der Waals surface area contributed by atoms with Crippen LogP contribution in [-0.2, 0) is 14.3 Å². The number of likely N-dealkylation sites (N-methyl/N-ethyl adjacent to an activating group) is 1. The third kappa shape index (κ3) is 8.18. The zero-order chi connectivity index (χ0) is 15.1. The van der Waals surface area contributed by atoms with Crippen molar-refractivity contribution in [2.45, 2.75) is 65.2 Å². The van der Waals surface area contributed by atoms with Crippen molar-refractivity contribution in [1.29, 1.82) is 0 Å². The molecule has 3 N–H and O–H groups in total. The molecular formula is C14H30N2O3.